The average Bonchev–Trinajstić information content (AvgIpc) is 2.82. The summed E-state index contributed by atoms with van der Waals surface area (Å²) in [7, 11) is -13.2. The number of hydrogen-bond acceptors (Lipinski definition) is 6. The zero-order valence-corrected chi connectivity index (χ0v) is 20.3. The quantitative estimate of drug-likeness (QED) is 0.255. The first-order valence-corrected chi connectivity index (χ1v) is 15.0. The van der Waals surface area contributed by atoms with Gasteiger partial charge >= 0.3 is 23.0 Å². The van der Waals surface area contributed by atoms with Crippen LogP contribution in [0.5, 0.6) is 0 Å². The van der Waals surface area contributed by atoms with Crippen LogP contribution in [0.15, 0.2) is 105 Å². The molecule has 0 unspecified atom stereocenters. The Morgan fingerprint density at radius 1 is 0.455 bits per heavy atom. The second-order valence-corrected chi connectivity index (χ2v) is 13.6. The molecule has 3 aromatic carbocycles. The largest absolute Gasteiger partial charge is 0.321 e. The van der Waals surface area contributed by atoms with Crippen molar-refractivity contribution in [3.05, 3.63) is 108 Å². The summed E-state index contributed by atoms with van der Waals surface area (Å²) in [5, 5.41) is 7.70. The summed E-state index contributed by atoms with van der Waals surface area (Å²) in [6, 6.07) is 27.0. The summed E-state index contributed by atoms with van der Waals surface area (Å²) in [5.74, 6) is 0. The van der Waals surface area contributed by atoms with E-state index in [2.05, 4.69) is 28.8 Å². The summed E-state index contributed by atoms with van der Waals surface area (Å²) in [6.07, 6.45) is 0. The minimum Gasteiger partial charge on any atom is -0.235 e. The molecule has 0 atom stereocenters. The fraction of sp³-hybridized carbons (Fsp3) is 0.143. The Morgan fingerprint density at radius 2 is 0.697 bits per heavy atom. The van der Waals surface area contributed by atoms with Gasteiger partial charge in [0.15, 0.2) is 0 Å². The Morgan fingerprint density at radius 3 is 0.939 bits per heavy atom. The number of halogens is 3. The van der Waals surface area contributed by atoms with Gasteiger partial charge in [-0.15, -0.1) is 0 Å². The van der Waals surface area contributed by atoms with E-state index in [0.717, 1.165) is 16.7 Å². The summed E-state index contributed by atoms with van der Waals surface area (Å²) in [5.41, 5.74) is 2.26. The molecular weight excluding hydrogens is 486 g/mol. The van der Waals surface area contributed by atoms with Crippen LogP contribution in [-0.4, -0.2) is 0 Å². The first-order valence-electron chi connectivity index (χ1n) is 10.2. The van der Waals surface area contributed by atoms with Gasteiger partial charge in [-0.05, 0) is 16.7 Å². The Bertz CT molecular complexity index is 1070. The van der Waals surface area contributed by atoms with Gasteiger partial charge in [-0.3, -0.25) is 0 Å². The third-order valence-electron chi connectivity index (χ3n) is 4.69. The van der Waals surface area contributed by atoms with Gasteiger partial charge in [0.05, 0.1) is 0 Å². The van der Waals surface area contributed by atoms with Crippen LogP contribution in [0.4, 0.5) is 12.6 Å². The molecule has 0 saturated heterocycles. The lowest BCUT2D eigenvalue weighted by atomic mass is 10.2. The van der Waals surface area contributed by atoms with Crippen molar-refractivity contribution < 1.29 is 12.6 Å². The Balaban J connectivity index is 1.63. The lowest BCUT2D eigenvalue weighted by Crippen LogP contribution is -2.14. The van der Waals surface area contributed by atoms with Gasteiger partial charge in [-0.2, -0.15) is 26.1 Å². The number of rotatable bonds is 9. The zero-order valence-electron chi connectivity index (χ0n) is 17.6. The molecule has 0 fully saturated rings. The third kappa shape index (κ3) is 7.00. The Labute approximate surface area is 191 Å². The molecule has 1 aliphatic heterocycles. The minimum absolute atomic E-state index is 0.0372. The summed E-state index contributed by atoms with van der Waals surface area (Å²) >= 11 is 0. The Hall–Kier alpha value is -1.98. The number of hydrogen-bond donors (Lipinski definition) is 3. The molecule has 0 bridgehead atoms. The van der Waals surface area contributed by atoms with Crippen molar-refractivity contribution in [2.75, 3.05) is 0 Å². The topological polar surface area (TPSA) is 73.2 Å². The summed E-state index contributed by atoms with van der Waals surface area (Å²) < 4.78 is 58.5. The number of nitrogens with one attached hydrogen (secondary N) is 3. The molecule has 1 heterocycles. The van der Waals surface area contributed by atoms with Crippen molar-refractivity contribution in [1.29, 1.82) is 0 Å². The van der Waals surface area contributed by atoms with Crippen LogP contribution < -0.4 is 15.3 Å². The predicted molar refractivity (Wildman–Crippen MR) is 131 cm³/mol. The molecule has 174 valence electrons. The first-order chi connectivity index (χ1) is 15.9. The molecule has 1 aliphatic rings. The van der Waals surface area contributed by atoms with E-state index < -0.39 is 23.0 Å². The molecule has 0 saturated carbocycles. The molecule has 4 rings (SSSR count). The normalized spacial score (nSPS) is 26.6. The van der Waals surface area contributed by atoms with Crippen molar-refractivity contribution in [2.45, 2.75) is 19.6 Å². The molecular formula is C21H24F3N6P3. The first kappa shape index (κ1) is 24.2. The van der Waals surface area contributed by atoms with Crippen LogP contribution in [0.3, 0.4) is 0 Å². The summed E-state index contributed by atoms with van der Waals surface area (Å²) in [4.78, 5) is 0. The molecule has 0 amide bonds. The fourth-order valence-corrected chi connectivity index (χ4v) is 10.9. The van der Waals surface area contributed by atoms with Gasteiger partial charge < -0.3 is 0 Å². The molecule has 3 N–H and O–H groups in total. The van der Waals surface area contributed by atoms with Crippen molar-refractivity contribution in [3.8, 4) is 0 Å². The maximum atomic E-state index is 15.8. The lowest BCUT2D eigenvalue weighted by molar-refractivity contribution is 0.758. The van der Waals surface area contributed by atoms with Crippen LogP contribution in [0.2, 0.25) is 0 Å². The monoisotopic (exact) mass is 510 g/mol. The smallest absolute Gasteiger partial charge is 0.235 e. The van der Waals surface area contributed by atoms with Crippen LogP contribution in [0.1, 0.15) is 16.7 Å². The standard InChI is InChI=1S/C21H24F3N6P3/c22-31(25-16-19-10-4-1-5-11-19)28-32(23,26-17-20-12-6-2-7-13-20)30-33(24,29-31)27-18-21-14-8-3-9-15-21/h1-15,25-27H,16-18H2. The molecule has 0 aromatic heterocycles. The van der Waals surface area contributed by atoms with Crippen molar-refractivity contribution >= 4 is 23.0 Å². The highest BCUT2D eigenvalue weighted by atomic mass is 31.3. The van der Waals surface area contributed by atoms with E-state index in [0.29, 0.717) is 0 Å². The molecule has 0 spiro atoms. The van der Waals surface area contributed by atoms with E-state index in [-0.39, 0.29) is 19.6 Å². The van der Waals surface area contributed by atoms with E-state index in [4.69, 9.17) is 0 Å². The third-order valence-corrected chi connectivity index (χ3v) is 12.1. The highest BCUT2D eigenvalue weighted by Gasteiger charge is 2.38. The van der Waals surface area contributed by atoms with Gasteiger partial charge in [0.2, 0.25) is 0 Å². The number of benzene rings is 3. The Kier molecular flexibility index (Phi) is 7.70. The highest BCUT2D eigenvalue weighted by molar-refractivity contribution is 7.80. The molecule has 0 radical (unpaired) electrons. The molecule has 0 aliphatic carbocycles. The maximum absolute atomic E-state index is 15.8. The second-order valence-electron chi connectivity index (χ2n) is 7.31. The van der Waals surface area contributed by atoms with E-state index >= 15 is 12.6 Å². The van der Waals surface area contributed by atoms with Crippen molar-refractivity contribution in [2.24, 2.45) is 13.5 Å². The van der Waals surface area contributed by atoms with Gasteiger partial charge in [-0.25, -0.2) is 15.3 Å². The molecule has 12 heteroatoms. The molecule has 3 aromatic rings. The van der Waals surface area contributed by atoms with E-state index in [1.807, 2.05) is 18.2 Å². The van der Waals surface area contributed by atoms with E-state index in [9.17, 15) is 0 Å². The predicted octanol–water partition coefficient (Wildman–Crippen LogP) is 8.12. The van der Waals surface area contributed by atoms with Gasteiger partial charge in [-0.1, -0.05) is 91.0 Å². The average molecular weight is 510 g/mol. The molecule has 33 heavy (non-hydrogen) atoms. The maximum Gasteiger partial charge on any atom is 0.321 e. The fourth-order valence-electron chi connectivity index (χ4n) is 3.08. The second kappa shape index (κ2) is 10.5. The zero-order chi connectivity index (χ0) is 23.2. The van der Waals surface area contributed by atoms with E-state index in [1.165, 1.54) is 0 Å². The van der Waals surface area contributed by atoms with Crippen molar-refractivity contribution in [1.82, 2.24) is 15.3 Å². The van der Waals surface area contributed by atoms with Gasteiger partial charge in [0, 0.05) is 19.6 Å². The van der Waals surface area contributed by atoms with Gasteiger partial charge in [0.25, 0.3) is 0 Å². The van der Waals surface area contributed by atoms with E-state index in [1.54, 1.807) is 72.8 Å². The van der Waals surface area contributed by atoms with Gasteiger partial charge in [0.1, 0.15) is 0 Å². The molecule has 6 nitrogen and oxygen atoms in total. The SMILES string of the molecule is FP1(NCc2ccccc2)=NP(F)(NCc2ccccc2)=NP(F)(NCc2ccccc2)=N1. The summed E-state index contributed by atoms with van der Waals surface area (Å²) in [6.45, 7) is 0.112. The van der Waals surface area contributed by atoms with Crippen LogP contribution in [0, 0.1) is 0 Å². The number of nitrogens with zero attached hydrogens (tertiary/aromatic N) is 3. The van der Waals surface area contributed by atoms with Crippen LogP contribution in [-0.2, 0) is 19.6 Å². The highest BCUT2D eigenvalue weighted by Crippen LogP contribution is 2.76. The van der Waals surface area contributed by atoms with Crippen molar-refractivity contribution in [3.63, 3.8) is 0 Å². The minimum atomic E-state index is -4.38. The van der Waals surface area contributed by atoms with Crippen LogP contribution in [0.25, 0.3) is 0 Å². The van der Waals surface area contributed by atoms with Crippen LogP contribution >= 0.6 is 23.0 Å². The lowest BCUT2D eigenvalue weighted by Gasteiger charge is -2.26.